The summed E-state index contributed by atoms with van der Waals surface area (Å²) in [4.78, 5) is 33.8. The zero-order valence-electron chi connectivity index (χ0n) is 13.6. The van der Waals surface area contributed by atoms with E-state index in [4.69, 9.17) is 4.74 Å². The van der Waals surface area contributed by atoms with Crippen molar-refractivity contribution in [2.24, 2.45) is 0 Å². The summed E-state index contributed by atoms with van der Waals surface area (Å²) in [5, 5.41) is 24.2. The van der Waals surface area contributed by atoms with Gasteiger partial charge in [-0.2, -0.15) is 0 Å². The van der Waals surface area contributed by atoms with Crippen LogP contribution < -0.4 is 20.3 Å². The number of anilines is 1. The van der Waals surface area contributed by atoms with Crippen molar-refractivity contribution in [2.45, 2.75) is 13.8 Å². The predicted octanol–water partition coefficient (Wildman–Crippen LogP) is 0.0479. The number of hydrogen-bond donors (Lipinski definition) is 1. The minimum absolute atomic E-state index is 0.00451. The lowest BCUT2D eigenvalue weighted by Gasteiger charge is -2.13. The number of carboxylic acids is 2. The fraction of sp³-hybridized carbons (Fsp3) is 0.167. The SMILES string of the molecule is Cc1ccc(OCC(=O)Nc2cc(C(=O)[O-])cc(C(=O)[O-])c2)c(C)c1. The van der Waals surface area contributed by atoms with Gasteiger partial charge in [0.25, 0.3) is 5.91 Å². The Labute approximate surface area is 143 Å². The summed E-state index contributed by atoms with van der Waals surface area (Å²) in [7, 11) is 0. The highest BCUT2D eigenvalue weighted by Crippen LogP contribution is 2.19. The van der Waals surface area contributed by atoms with Gasteiger partial charge in [-0.15, -0.1) is 0 Å². The lowest BCUT2D eigenvalue weighted by atomic mass is 10.1. The van der Waals surface area contributed by atoms with Crippen molar-refractivity contribution in [1.82, 2.24) is 0 Å². The van der Waals surface area contributed by atoms with Gasteiger partial charge in [-0.3, -0.25) is 4.79 Å². The van der Waals surface area contributed by atoms with E-state index < -0.39 is 17.8 Å². The van der Waals surface area contributed by atoms with Crippen LogP contribution in [0.15, 0.2) is 36.4 Å². The number of benzene rings is 2. The average molecular weight is 341 g/mol. The van der Waals surface area contributed by atoms with Crippen LogP contribution in [-0.4, -0.2) is 24.5 Å². The van der Waals surface area contributed by atoms with Gasteiger partial charge in [0.15, 0.2) is 6.61 Å². The maximum absolute atomic E-state index is 12.0. The Balaban J connectivity index is 2.09. The van der Waals surface area contributed by atoms with Gasteiger partial charge in [0.2, 0.25) is 0 Å². The van der Waals surface area contributed by atoms with Gasteiger partial charge in [-0.05, 0) is 54.8 Å². The first-order chi connectivity index (χ1) is 11.8. The molecule has 2 rings (SSSR count). The molecular weight excluding hydrogens is 326 g/mol. The number of ether oxygens (including phenoxy) is 1. The number of carbonyl (C=O) groups is 3. The van der Waals surface area contributed by atoms with Crippen LogP contribution in [0.5, 0.6) is 5.75 Å². The van der Waals surface area contributed by atoms with Crippen molar-refractivity contribution >= 4 is 23.5 Å². The quantitative estimate of drug-likeness (QED) is 0.793. The molecule has 25 heavy (non-hydrogen) atoms. The minimum Gasteiger partial charge on any atom is -0.545 e. The van der Waals surface area contributed by atoms with Gasteiger partial charge in [0.1, 0.15) is 5.75 Å². The van der Waals surface area contributed by atoms with E-state index in [0.29, 0.717) is 5.75 Å². The molecule has 1 amide bonds. The number of carbonyl (C=O) groups excluding carboxylic acids is 3. The van der Waals surface area contributed by atoms with Crippen molar-refractivity contribution in [3.05, 3.63) is 58.7 Å². The Hall–Kier alpha value is -3.35. The molecule has 0 aromatic heterocycles. The Morgan fingerprint density at radius 3 is 2.08 bits per heavy atom. The zero-order valence-corrected chi connectivity index (χ0v) is 13.6. The molecule has 0 bridgehead atoms. The summed E-state index contributed by atoms with van der Waals surface area (Å²) in [6.45, 7) is 3.46. The molecule has 0 aliphatic carbocycles. The van der Waals surface area contributed by atoms with Gasteiger partial charge in [-0.25, -0.2) is 0 Å². The largest absolute Gasteiger partial charge is 0.545 e. The molecule has 0 saturated carbocycles. The standard InChI is InChI=1S/C18H17NO6/c1-10-3-4-15(11(2)5-10)25-9-16(20)19-14-7-12(17(21)22)6-13(8-14)18(23)24/h3-8H,9H2,1-2H3,(H,19,20)(H,21,22)(H,23,24)/p-2. The minimum atomic E-state index is -1.56. The molecule has 0 spiro atoms. The zero-order chi connectivity index (χ0) is 18.6. The van der Waals surface area contributed by atoms with Crippen LogP contribution in [-0.2, 0) is 4.79 Å². The van der Waals surface area contributed by atoms with Gasteiger partial charge in [0.05, 0.1) is 11.9 Å². The molecule has 130 valence electrons. The smallest absolute Gasteiger partial charge is 0.262 e. The van der Waals surface area contributed by atoms with E-state index >= 15 is 0 Å². The lowest BCUT2D eigenvalue weighted by molar-refractivity contribution is -0.255. The second-order valence-corrected chi connectivity index (χ2v) is 5.48. The Morgan fingerprint density at radius 2 is 1.56 bits per heavy atom. The molecule has 0 aliphatic rings. The highest BCUT2D eigenvalue weighted by Gasteiger charge is 2.09. The highest BCUT2D eigenvalue weighted by atomic mass is 16.5. The van der Waals surface area contributed by atoms with E-state index in [2.05, 4.69) is 5.32 Å². The van der Waals surface area contributed by atoms with Crippen LogP contribution >= 0.6 is 0 Å². The van der Waals surface area contributed by atoms with Gasteiger partial charge < -0.3 is 29.9 Å². The third kappa shape index (κ3) is 4.81. The molecule has 0 saturated heterocycles. The second-order valence-electron chi connectivity index (χ2n) is 5.48. The Morgan fingerprint density at radius 1 is 0.960 bits per heavy atom. The first kappa shape index (κ1) is 18.0. The highest BCUT2D eigenvalue weighted by molar-refractivity contribution is 5.97. The Bertz CT molecular complexity index is 811. The molecule has 0 aliphatic heterocycles. The number of carboxylic acid groups (broad SMARTS) is 2. The van der Waals surface area contributed by atoms with Gasteiger partial charge in [0, 0.05) is 5.69 Å². The lowest BCUT2D eigenvalue weighted by Crippen LogP contribution is -2.27. The van der Waals surface area contributed by atoms with Crippen LogP contribution in [0.25, 0.3) is 0 Å². The molecule has 0 fully saturated rings. The Kier molecular flexibility index (Phi) is 5.38. The van der Waals surface area contributed by atoms with Crippen molar-refractivity contribution < 1.29 is 29.3 Å². The molecule has 0 unspecified atom stereocenters. The number of aromatic carboxylic acids is 2. The fourth-order valence-electron chi connectivity index (χ4n) is 2.24. The molecule has 0 heterocycles. The summed E-state index contributed by atoms with van der Waals surface area (Å²) in [6, 6.07) is 8.57. The van der Waals surface area contributed by atoms with E-state index in [9.17, 15) is 24.6 Å². The number of hydrogen-bond acceptors (Lipinski definition) is 6. The summed E-state index contributed by atoms with van der Waals surface area (Å²) in [6.07, 6.45) is 0. The fourth-order valence-corrected chi connectivity index (χ4v) is 2.24. The molecule has 7 heteroatoms. The molecule has 0 radical (unpaired) electrons. The van der Waals surface area contributed by atoms with Crippen LogP contribution in [0, 0.1) is 13.8 Å². The third-order valence-corrected chi connectivity index (χ3v) is 3.38. The molecule has 2 aromatic rings. The molecule has 7 nitrogen and oxygen atoms in total. The van der Waals surface area contributed by atoms with Crippen molar-refractivity contribution in [3.8, 4) is 5.75 Å². The summed E-state index contributed by atoms with van der Waals surface area (Å²) >= 11 is 0. The van der Waals surface area contributed by atoms with Crippen molar-refractivity contribution in [3.63, 3.8) is 0 Å². The second kappa shape index (κ2) is 7.48. The van der Waals surface area contributed by atoms with Crippen molar-refractivity contribution in [1.29, 1.82) is 0 Å². The average Bonchev–Trinajstić information content (AvgIpc) is 2.53. The number of rotatable bonds is 6. The first-order valence-corrected chi connectivity index (χ1v) is 7.34. The van der Waals surface area contributed by atoms with Crippen molar-refractivity contribution in [2.75, 3.05) is 11.9 Å². The van der Waals surface area contributed by atoms with E-state index in [1.54, 1.807) is 6.07 Å². The molecule has 0 atom stereocenters. The maximum atomic E-state index is 12.0. The summed E-state index contributed by atoms with van der Waals surface area (Å²) in [5.74, 6) is -3.16. The van der Waals surface area contributed by atoms with Crippen LogP contribution in [0.3, 0.4) is 0 Å². The maximum Gasteiger partial charge on any atom is 0.262 e. The van der Waals surface area contributed by atoms with Crippen LogP contribution in [0.1, 0.15) is 31.8 Å². The molecular formula is C18H15NO6-2. The van der Waals surface area contributed by atoms with Gasteiger partial charge in [-0.1, -0.05) is 17.7 Å². The topological polar surface area (TPSA) is 119 Å². The van der Waals surface area contributed by atoms with E-state index in [0.717, 1.165) is 29.3 Å². The monoisotopic (exact) mass is 341 g/mol. The van der Waals surface area contributed by atoms with Crippen LogP contribution in [0.4, 0.5) is 5.69 Å². The number of amides is 1. The van der Waals surface area contributed by atoms with Gasteiger partial charge >= 0.3 is 0 Å². The predicted molar refractivity (Wildman–Crippen MR) is 85.1 cm³/mol. The van der Waals surface area contributed by atoms with E-state index in [1.807, 2.05) is 26.0 Å². The molecule has 2 aromatic carbocycles. The molecule has 1 N–H and O–H groups in total. The summed E-state index contributed by atoms with van der Waals surface area (Å²) < 4.78 is 5.41. The summed E-state index contributed by atoms with van der Waals surface area (Å²) in [5.41, 5.74) is 1.16. The first-order valence-electron chi connectivity index (χ1n) is 7.34. The van der Waals surface area contributed by atoms with E-state index in [1.165, 1.54) is 0 Å². The number of nitrogens with one attached hydrogen (secondary N) is 1. The van der Waals surface area contributed by atoms with Crippen LogP contribution in [0.2, 0.25) is 0 Å². The number of aryl methyl sites for hydroxylation is 2. The van der Waals surface area contributed by atoms with E-state index in [-0.39, 0.29) is 23.4 Å². The normalized spacial score (nSPS) is 10.2. The third-order valence-electron chi connectivity index (χ3n) is 3.38.